The molecule has 0 saturated heterocycles. The van der Waals surface area contributed by atoms with Crippen molar-refractivity contribution in [1.29, 1.82) is 0 Å². The van der Waals surface area contributed by atoms with E-state index in [1.807, 2.05) is 12.1 Å². The maximum absolute atomic E-state index is 12.0. The van der Waals surface area contributed by atoms with E-state index in [1.165, 1.54) is 0 Å². The van der Waals surface area contributed by atoms with E-state index in [-0.39, 0.29) is 24.4 Å². The topological polar surface area (TPSA) is 89.1 Å². The van der Waals surface area contributed by atoms with Gasteiger partial charge in [0.15, 0.2) is 12.4 Å². The van der Waals surface area contributed by atoms with Crippen molar-refractivity contribution in [3.63, 3.8) is 0 Å². The summed E-state index contributed by atoms with van der Waals surface area (Å²) in [4.78, 5) is 42.8. The summed E-state index contributed by atoms with van der Waals surface area (Å²) in [6.07, 6.45) is 1.07. The van der Waals surface area contributed by atoms with Crippen molar-refractivity contribution in [3.8, 4) is 0 Å². The van der Waals surface area contributed by atoms with Gasteiger partial charge in [-0.05, 0) is 18.6 Å². The van der Waals surface area contributed by atoms with Gasteiger partial charge in [0.25, 0.3) is 5.56 Å². The van der Waals surface area contributed by atoms with E-state index in [9.17, 15) is 14.4 Å². The molecule has 3 rings (SSSR count). The molecule has 0 aliphatic rings. The molecule has 1 aromatic heterocycles. The van der Waals surface area contributed by atoms with E-state index < -0.39 is 5.97 Å². The zero-order valence-electron chi connectivity index (χ0n) is 14.1. The second-order valence-corrected chi connectivity index (χ2v) is 5.83. The molecule has 0 atom stereocenters. The van der Waals surface area contributed by atoms with Crippen LogP contribution in [0.25, 0.3) is 10.9 Å². The largest absolute Gasteiger partial charge is 0.457 e. The number of aromatic nitrogens is 2. The molecule has 6 nitrogen and oxygen atoms in total. The zero-order valence-corrected chi connectivity index (χ0v) is 14.1. The number of rotatable bonds is 7. The van der Waals surface area contributed by atoms with Crippen LogP contribution in [0.4, 0.5) is 0 Å². The first-order chi connectivity index (χ1) is 12.6. The molecule has 0 spiro atoms. The molecular formula is C20H18N2O4. The molecule has 6 heteroatoms. The lowest BCUT2D eigenvalue weighted by atomic mass is 10.1. The van der Waals surface area contributed by atoms with Crippen LogP contribution in [0.3, 0.4) is 0 Å². The van der Waals surface area contributed by atoms with Gasteiger partial charge in [-0.3, -0.25) is 14.4 Å². The highest BCUT2D eigenvalue weighted by atomic mass is 16.5. The van der Waals surface area contributed by atoms with Crippen molar-refractivity contribution < 1.29 is 14.3 Å². The van der Waals surface area contributed by atoms with Crippen molar-refractivity contribution in [1.82, 2.24) is 9.97 Å². The van der Waals surface area contributed by atoms with E-state index >= 15 is 0 Å². The average Bonchev–Trinajstić information content (AvgIpc) is 2.67. The molecule has 2 aromatic carbocycles. The number of fused-ring (bicyclic) bond motifs is 1. The number of benzene rings is 2. The highest BCUT2D eigenvalue weighted by Crippen LogP contribution is 2.08. The molecule has 0 aliphatic heterocycles. The quantitative estimate of drug-likeness (QED) is 0.523. The number of H-pyrrole nitrogens is 1. The fourth-order valence-corrected chi connectivity index (χ4v) is 2.58. The molecule has 0 bridgehead atoms. The lowest BCUT2D eigenvalue weighted by Gasteiger charge is -2.05. The number of hydrogen-bond acceptors (Lipinski definition) is 5. The first-order valence-electron chi connectivity index (χ1n) is 8.35. The number of ether oxygens (including phenoxy) is 1. The second-order valence-electron chi connectivity index (χ2n) is 5.83. The zero-order chi connectivity index (χ0) is 18.4. The Morgan fingerprint density at radius 3 is 2.54 bits per heavy atom. The lowest BCUT2D eigenvalue weighted by Crippen LogP contribution is -2.15. The summed E-state index contributed by atoms with van der Waals surface area (Å²) in [5, 5.41) is 0.537. The Hall–Kier alpha value is -3.28. The maximum Gasteiger partial charge on any atom is 0.306 e. The molecule has 26 heavy (non-hydrogen) atoms. The Labute approximate surface area is 149 Å². The highest BCUT2D eigenvalue weighted by Gasteiger charge is 2.10. The fourth-order valence-electron chi connectivity index (χ4n) is 2.58. The van der Waals surface area contributed by atoms with Crippen molar-refractivity contribution in [3.05, 3.63) is 76.3 Å². The number of nitrogens with zero attached hydrogens (tertiary/aromatic N) is 1. The molecule has 0 radical (unpaired) electrons. The number of Topliss-reactive ketones (excluding diaryl/α,β-unsaturated/α-hetero) is 1. The standard InChI is InChI=1S/C20H18N2O4/c23-17(14-7-2-1-3-8-14)13-26-19(24)12-6-11-18-21-16-10-5-4-9-15(16)20(25)22-18/h1-5,7-10H,6,11-13H2,(H,21,22,25). The summed E-state index contributed by atoms with van der Waals surface area (Å²) < 4.78 is 5.01. The summed E-state index contributed by atoms with van der Waals surface area (Å²) >= 11 is 0. The summed E-state index contributed by atoms with van der Waals surface area (Å²) in [5.41, 5.74) is 0.946. The number of carbonyl (C=O) groups excluding carboxylic acids is 2. The highest BCUT2D eigenvalue weighted by molar-refractivity contribution is 5.97. The van der Waals surface area contributed by atoms with Crippen LogP contribution in [0.1, 0.15) is 29.0 Å². The number of esters is 1. The minimum Gasteiger partial charge on any atom is -0.457 e. The molecule has 0 amide bonds. The van der Waals surface area contributed by atoms with Crippen LogP contribution in [0.2, 0.25) is 0 Å². The summed E-state index contributed by atoms with van der Waals surface area (Å²) in [5.74, 6) is -0.154. The van der Waals surface area contributed by atoms with Crippen molar-refractivity contribution >= 4 is 22.7 Å². The number of aromatic amines is 1. The normalized spacial score (nSPS) is 10.6. The van der Waals surface area contributed by atoms with E-state index in [2.05, 4.69) is 9.97 Å². The lowest BCUT2D eigenvalue weighted by molar-refractivity contribution is -0.142. The average molecular weight is 350 g/mol. The molecule has 0 unspecified atom stereocenters. The van der Waals surface area contributed by atoms with Gasteiger partial charge in [-0.15, -0.1) is 0 Å². The first kappa shape index (κ1) is 17.5. The Morgan fingerprint density at radius 1 is 1.00 bits per heavy atom. The molecule has 132 valence electrons. The number of aryl methyl sites for hydroxylation is 1. The van der Waals surface area contributed by atoms with Crippen LogP contribution in [0, 0.1) is 0 Å². The Kier molecular flexibility index (Phi) is 5.53. The van der Waals surface area contributed by atoms with Crippen molar-refractivity contribution in [2.24, 2.45) is 0 Å². The van der Waals surface area contributed by atoms with Gasteiger partial charge in [0.05, 0.1) is 10.9 Å². The van der Waals surface area contributed by atoms with E-state index in [0.717, 1.165) is 0 Å². The van der Waals surface area contributed by atoms with Gasteiger partial charge in [-0.25, -0.2) is 4.98 Å². The van der Waals surface area contributed by atoms with E-state index in [4.69, 9.17) is 4.74 Å². The third-order valence-electron chi connectivity index (χ3n) is 3.92. The van der Waals surface area contributed by atoms with Crippen molar-refractivity contribution in [2.45, 2.75) is 19.3 Å². The summed E-state index contributed by atoms with van der Waals surface area (Å²) in [6.45, 7) is -0.270. The van der Waals surface area contributed by atoms with Crippen LogP contribution in [-0.2, 0) is 16.0 Å². The Morgan fingerprint density at radius 2 is 1.73 bits per heavy atom. The van der Waals surface area contributed by atoms with Crippen LogP contribution in [-0.4, -0.2) is 28.3 Å². The van der Waals surface area contributed by atoms with Gasteiger partial charge in [0.2, 0.25) is 0 Å². The van der Waals surface area contributed by atoms with Gasteiger partial charge in [-0.1, -0.05) is 42.5 Å². The molecule has 3 aromatic rings. The van der Waals surface area contributed by atoms with Crippen LogP contribution >= 0.6 is 0 Å². The minimum absolute atomic E-state index is 0.151. The minimum atomic E-state index is -0.447. The number of carbonyl (C=O) groups is 2. The van der Waals surface area contributed by atoms with E-state index in [1.54, 1.807) is 42.5 Å². The number of ketones is 1. The third kappa shape index (κ3) is 4.42. The smallest absolute Gasteiger partial charge is 0.306 e. The predicted octanol–water partition coefficient (Wildman–Crippen LogP) is 2.67. The van der Waals surface area contributed by atoms with Crippen LogP contribution in [0.5, 0.6) is 0 Å². The van der Waals surface area contributed by atoms with E-state index in [0.29, 0.717) is 35.1 Å². The molecule has 0 saturated carbocycles. The number of para-hydroxylation sites is 1. The summed E-state index contributed by atoms with van der Waals surface area (Å²) in [6, 6.07) is 15.8. The van der Waals surface area contributed by atoms with Gasteiger partial charge in [0, 0.05) is 18.4 Å². The second kappa shape index (κ2) is 8.20. The van der Waals surface area contributed by atoms with Crippen molar-refractivity contribution in [2.75, 3.05) is 6.61 Å². The van der Waals surface area contributed by atoms with Gasteiger partial charge < -0.3 is 9.72 Å². The van der Waals surface area contributed by atoms with Crippen LogP contribution < -0.4 is 5.56 Å². The maximum atomic E-state index is 12.0. The predicted molar refractivity (Wildman–Crippen MR) is 97.0 cm³/mol. The van der Waals surface area contributed by atoms with Crippen LogP contribution in [0.15, 0.2) is 59.4 Å². The summed E-state index contributed by atoms with van der Waals surface area (Å²) in [7, 11) is 0. The Balaban J connectivity index is 1.48. The van der Waals surface area contributed by atoms with Gasteiger partial charge in [0.1, 0.15) is 5.82 Å². The number of nitrogens with one attached hydrogen (secondary N) is 1. The Bertz CT molecular complexity index is 980. The SMILES string of the molecule is O=C(CCCc1nc2ccccc2c(=O)[nH]1)OCC(=O)c1ccccc1. The molecule has 0 aliphatic carbocycles. The van der Waals surface area contributed by atoms with Gasteiger partial charge in [-0.2, -0.15) is 0 Å². The molecule has 1 heterocycles. The monoisotopic (exact) mass is 350 g/mol. The fraction of sp³-hybridized carbons (Fsp3) is 0.200. The molecular weight excluding hydrogens is 332 g/mol. The first-order valence-corrected chi connectivity index (χ1v) is 8.35. The third-order valence-corrected chi connectivity index (χ3v) is 3.92. The molecule has 0 fully saturated rings. The molecule has 1 N–H and O–H groups in total. The number of hydrogen-bond donors (Lipinski definition) is 1. The van der Waals surface area contributed by atoms with Gasteiger partial charge >= 0.3 is 5.97 Å².